The average molecular weight is 260 g/mol. The Hall–Kier alpha value is -2.41. The van der Waals surface area contributed by atoms with Crippen molar-refractivity contribution in [3.63, 3.8) is 0 Å². The maximum absolute atomic E-state index is 11.9. The van der Waals surface area contributed by atoms with Gasteiger partial charge in [0.05, 0.1) is 19.2 Å². The first-order chi connectivity index (χ1) is 9.07. The van der Waals surface area contributed by atoms with E-state index in [0.29, 0.717) is 5.89 Å². The fraction of sp³-hybridized carbons (Fsp3) is 0.583. The number of carbonyl (C=O) groups excluding carboxylic acids is 1. The number of ether oxygens (including phenoxy) is 1. The zero-order chi connectivity index (χ0) is 14.0. The lowest BCUT2D eigenvalue weighted by atomic mass is 9.77. The summed E-state index contributed by atoms with van der Waals surface area (Å²) >= 11 is 0. The van der Waals surface area contributed by atoms with Gasteiger partial charge in [-0.25, -0.2) is 0 Å². The molecule has 0 aliphatic heterocycles. The Morgan fingerprint density at radius 2 is 2.16 bits per heavy atom. The van der Waals surface area contributed by atoms with Crippen LogP contribution in [0.5, 0.6) is 0 Å². The second-order valence-corrected chi connectivity index (χ2v) is 4.62. The first kappa shape index (κ1) is 13.0. The van der Waals surface area contributed by atoms with Crippen molar-refractivity contribution in [2.24, 2.45) is 5.92 Å². The molecule has 19 heavy (non-hydrogen) atoms. The molecule has 0 aromatic carbocycles. The van der Waals surface area contributed by atoms with E-state index in [0.717, 1.165) is 12.8 Å². The number of aromatic nitrogens is 2. The van der Waals surface area contributed by atoms with Crippen molar-refractivity contribution in [3.8, 4) is 12.1 Å². The van der Waals surface area contributed by atoms with Gasteiger partial charge in [0, 0.05) is 5.92 Å². The second kappa shape index (κ2) is 4.69. The molecule has 0 radical (unpaired) electrons. The zero-order valence-electron chi connectivity index (χ0n) is 10.6. The molecule has 0 bridgehead atoms. The number of hydrogen-bond acceptors (Lipinski definition) is 7. The van der Waals surface area contributed by atoms with Crippen LogP contribution in [-0.4, -0.2) is 23.2 Å². The molecule has 0 spiro atoms. The van der Waals surface area contributed by atoms with Crippen molar-refractivity contribution in [1.82, 2.24) is 10.1 Å². The largest absolute Gasteiger partial charge is 0.468 e. The van der Waals surface area contributed by atoms with E-state index in [2.05, 4.69) is 14.9 Å². The quantitative estimate of drug-likeness (QED) is 0.743. The highest BCUT2D eigenvalue weighted by Gasteiger charge is 2.49. The van der Waals surface area contributed by atoms with E-state index in [-0.39, 0.29) is 11.7 Å². The molecule has 1 aromatic rings. The van der Waals surface area contributed by atoms with Crippen LogP contribution in [0.3, 0.4) is 0 Å². The Labute approximate surface area is 109 Å². The molecule has 1 aliphatic carbocycles. The highest BCUT2D eigenvalue weighted by Crippen LogP contribution is 2.40. The molecular weight excluding hydrogens is 248 g/mol. The third-order valence-corrected chi connectivity index (χ3v) is 3.28. The number of nitrogens with zero attached hydrogens (tertiary/aromatic N) is 4. The summed E-state index contributed by atoms with van der Waals surface area (Å²) in [4.78, 5) is 16.1. The molecular formula is C12H12N4O3. The predicted molar refractivity (Wildman–Crippen MR) is 60.4 cm³/mol. The van der Waals surface area contributed by atoms with Crippen LogP contribution in [0.4, 0.5) is 0 Å². The van der Waals surface area contributed by atoms with Crippen molar-refractivity contribution in [3.05, 3.63) is 11.7 Å². The number of nitriles is 2. The van der Waals surface area contributed by atoms with E-state index in [9.17, 15) is 4.79 Å². The summed E-state index contributed by atoms with van der Waals surface area (Å²) in [6, 6.07) is 3.55. The Morgan fingerprint density at radius 3 is 2.63 bits per heavy atom. The molecule has 1 fully saturated rings. The predicted octanol–water partition coefficient (Wildman–Crippen LogP) is 1.04. The maximum atomic E-state index is 11.9. The van der Waals surface area contributed by atoms with E-state index in [1.807, 2.05) is 0 Å². The number of carbonyl (C=O) groups is 1. The van der Waals surface area contributed by atoms with Gasteiger partial charge in [-0.05, 0) is 19.8 Å². The van der Waals surface area contributed by atoms with Gasteiger partial charge in [0.25, 0.3) is 0 Å². The standard InChI is InChI=1S/C12H12N4O3/c1-12(11(17)18-2,8(5-13)6-14)10-15-9(19-16-10)7-3-4-7/h7-8H,3-4H2,1-2H3. The number of esters is 1. The molecule has 1 aromatic heterocycles. The van der Waals surface area contributed by atoms with Crippen LogP contribution in [0, 0.1) is 28.6 Å². The van der Waals surface area contributed by atoms with E-state index >= 15 is 0 Å². The van der Waals surface area contributed by atoms with Gasteiger partial charge in [-0.2, -0.15) is 15.5 Å². The number of methoxy groups -OCH3 is 1. The van der Waals surface area contributed by atoms with E-state index in [4.69, 9.17) is 15.0 Å². The maximum Gasteiger partial charge on any atom is 0.321 e. The molecule has 98 valence electrons. The van der Waals surface area contributed by atoms with Crippen LogP contribution in [-0.2, 0) is 14.9 Å². The Bertz CT molecular complexity index is 565. The third-order valence-electron chi connectivity index (χ3n) is 3.28. The summed E-state index contributed by atoms with van der Waals surface area (Å²) in [5, 5.41) is 21.8. The van der Waals surface area contributed by atoms with Gasteiger partial charge in [-0.15, -0.1) is 0 Å². The minimum absolute atomic E-state index is 0.0225. The van der Waals surface area contributed by atoms with Gasteiger partial charge >= 0.3 is 5.97 Å². The summed E-state index contributed by atoms with van der Waals surface area (Å²) in [7, 11) is 1.19. The van der Waals surface area contributed by atoms with Crippen LogP contribution in [0.2, 0.25) is 0 Å². The Balaban J connectivity index is 2.44. The van der Waals surface area contributed by atoms with Gasteiger partial charge in [0.15, 0.2) is 17.2 Å². The molecule has 7 heteroatoms. The molecule has 0 amide bonds. The Kier molecular flexibility index (Phi) is 3.22. The first-order valence-electron chi connectivity index (χ1n) is 5.79. The van der Waals surface area contributed by atoms with Gasteiger partial charge in [-0.1, -0.05) is 5.16 Å². The minimum atomic E-state index is -1.55. The zero-order valence-corrected chi connectivity index (χ0v) is 10.6. The van der Waals surface area contributed by atoms with Crippen LogP contribution < -0.4 is 0 Å². The third kappa shape index (κ3) is 2.04. The van der Waals surface area contributed by atoms with E-state index < -0.39 is 17.3 Å². The summed E-state index contributed by atoms with van der Waals surface area (Å²) in [5.74, 6) is -1.28. The van der Waals surface area contributed by atoms with Gasteiger partial charge in [-0.3, -0.25) is 4.79 Å². The molecule has 1 heterocycles. The van der Waals surface area contributed by atoms with E-state index in [1.54, 1.807) is 12.1 Å². The van der Waals surface area contributed by atoms with Crippen molar-refractivity contribution in [2.75, 3.05) is 7.11 Å². The summed E-state index contributed by atoms with van der Waals surface area (Å²) in [6.45, 7) is 1.41. The Morgan fingerprint density at radius 1 is 1.53 bits per heavy atom. The SMILES string of the molecule is COC(=O)C(C)(c1noc(C2CC2)n1)C(C#N)C#N. The lowest BCUT2D eigenvalue weighted by molar-refractivity contribution is -0.148. The summed E-state index contributed by atoms with van der Waals surface area (Å²) in [5.41, 5.74) is -1.55. The molecule has 2 rings (SSSR count). The highest BCUT2D eigenvalue weighted by atomic mass is 16.5. The smallest absolute Gasteiger partial charge is 0.321 e. The summed E-state index contributed by atoms with van der Waals surface area (Å²) in [6.07, 6.45) is 1.94. The normalized spacial score (nSPS) is 17.3. The summed E-state index contributed by atoms with van der Waals surface area (Å²) < 4.78 is 9.76. The van der Waals surface area contributed by atoms with Gasteiger partial charge in [0.1, 0.15) is 0 Å². The molecule has 1 unspecified atom stereocenters. The van der Waals surface area contributed by atoms with E-state index in [1.165, 1.54) is 14.0 Å². The molecule has 7 nitrogen and oxygen atoms in total. The lowest BCUT2D eigenvalue weighted by Crippen LogP contribution is -2.41. The first-order valence-corrected chi connectivity index (χ1v) is 5.79. The molecule has 0 saturated heterocycles. The minimum Gasteiger partial charge on any atom is -0.468 e. The lowest BCUT2D eigenvalue weighted by Gasteiger charge is -2.23. The fourth-order valence-corrected chi connectivity index (χ4v) is 1.78. The molecule has 1 aliphatic rings. The monoisotopic (exact) mass is 260 g/mol. The highest BCUT2D eigenvalue weighted by molar-refractivity contribution is 5.83. The van der Waals surface area contributed by atoms with Gasteiger partial charge in [0.2, 0.25) is 5.89 Å². The van der Waals surface area contributed by atoms with Crippen LogP contribution in [0.1, 0.15) is 37.4 Å². The molecule has 1 saturated carbocycles. The van der Waals surface area contributed by atoms with Crippen molar-refractivity contribution < 1.29 is 14.1 Å². The van der Waals surface area contributed by atoms with Crippen molar-refractivity contribution in [2.45, 2.75) is 31.1 Å². The number of hydrogen-bond donors (Lipinski definition) is 0. The molecule has 0 N–H and O–H groups in total. The average Bonchev–Trinajstić information content (AvgIpc) is 3.16. The van der Waals surface area contributed by atoms with Gasteiger partial charge < -0.3 is 9.26 Å². The van der Waals surface area contributed by atoms with Crippen molar-refractivity contribution in [1.29, 1.82) is 10.5 Å². The topological polar surface area (TPSA) is 113 Å². The van der Waals surface area contributed by atoms with Crippen molar-refractivity contribution >= 4 is 5.97 Å². The second-order valence-electron chi connectivity index (χ2n) is 4.62. The van der Waals surface area contributed by atoms with Crippen LogP contribution in [0.25, 0.3) is 0 Å². The number of rotatable bonds is 4. The molecule has 1 atom stereocenters. The van der Waals surface area contributed by atoms with Crippen LogP contribution in [0.15, 0.2) is 4.52 Å². The van der Waals surface area contributed by atoms with Crippen LogP contribution >= 0.6 is 0 Å². The fourth-order valence-electron chi connectivity index (χ4n) is 1.78.